The summed E-state index contributed by atoms with van der Waals surface area (Å²) in [6, 6.07) is 0. The van der Waals surface area contributed by atoms with E-state index in [2.05, 4.69) is 98.9 Å². The number of aliphatic hydroxyl groups excluding tert-OH is 4. The van der Waals surface area contributed by atoms with Crippen LogP contribution in [-0.4, -0.2) is 89.0 Å². The van der Waals surface area contributed by atoms with Gasteiger partial charge in [0.1, 0.15) is 31.0 Å². The lowest BCUT2D eigenvalue weighted by Gasteiger charge is -2.39. The molecule has 61 heavy (non-hydrogen) atoms. The third-order valence-corrected chi connectivity index (χ3v) is 9.95. The van der Waals surface area contributed by atoms with Gasteiger partial charge >= 0.3 is 11.9 Å². The molecule has 1 heterocycles. The lowest BCUT2D eigenvalue weighted by Crippen LogP contribution is -2.59. The van der Waals surface area contributed by atoms with Gasteiger partial charge in [0.2, 0.25) is 0 Å². The van der Waals surface area contributed by atoms with Crippen molar-refractivity contribution in [1.29, 1.82) is 0 Å². The Labute approximate surface area is 368 Å². The van der Waals surface area contributed by atoms with Crippen LogP contribution in [0, 0.1) is 0 Å². The highest BCUT2D eigenvalue weighted by atomic mass is 16.7. The Morgan fingerprint density at radius 3 is 1.43 bits per heavy atom. The molecule has 0 spiro atoms. The van der Waals surface area contributed by atoms with Gasteiger partial charge in [-0.25, -0.2) is 0 Å². The second-order valence-corrected chi connectivity index (χ2v) is 15.5. The third-order valence-electron chi connectivity index (χ3n) is 9.95. The molecule has 1 saturated heterocycles. The Morgan fingerprint density at radius 1 is 0.508 bits per heavy atom. The molecular formula is C51H82O10. The summed E-state index contributed by atoms with van der Waals surface area (Å²) in [4.78, 5) is 25.3. The molecule has 0 aromatic carbocycles. The molecule has 0 aromatic rings. The number of esters is 2. The monoisotopic (exact) mass is 855 g/mol. The van der Waals surface area contributed by atoms with Crippen molar-refractivity contribution in [2.24, 2.45) is 0 Å². The molecule has 10 heteroatoms. The topological polar surface area (TPSA) is 152 Å². The summed E-state index contributed by atoms with van der Waals surface area (Å²) in [7, 11) is 0. The summed E-state index contributed by atoms with van der Waals surface area (Å²) >= 11 is 0. The molecular weight excluding hydrogens is 773 g/mol. The lowest BCUT2D eigenvalue weighted by atomic mass is 9.99. The maximum Gasteiger partial charge on any atom is 0.306 e. The van der Waals surface area contributed by atoms with Gasteiger partial charge in [-0.05, 0) is 89.9 Å². The number of hydrogen-bond acceptors (Lipinski definition) is 10. The van der Waals surface area contributed by atoms with Gasteiger partial charge < -0.3 is 39.4 Å². The highest BCUT2D eigenvalue weighted by Gasteiger charge is 2.44. The second kappa shape index (κ2) is 40.7. The summed E-state index contributed by atoms with van der Waals surface area (Å²) in [6.07, 6.45) is 47.0. The number of carbonyl (C=O) groups is 2. The zero-order valence-corrected chi connectivity index (χ0v) is 37.6. The predicted molar refractivity (Wildman–Crippen MR) is 247 cm³/mol. The van der Waals surface area contributed by atoms with Gasteiger partial charge in [-0.2, -0.15) is 0 Å². The van der Waals surface area contributed by atoms with E-state index in [4.69, 9.17) is 18.9 Å². The predicted octanol–water partition coefficient (Wildman–Crippen LogP) is 10.3. The van der Waals surface area contributed by atoms with Crippen molar-refractivity contribution < 1.29 is 49.0 Å². The Morgan fingerprint density at radius 2 is 0.951 bits per heavy atom. The number of allylic oxidation sites excluding steroid dienone is 16. The van der Waals surface area contributed by atoms with E-state index >= 15 is 0 Å². The normalized spacial score (nSPS) is 20.7. The maximum absolute atomic E-state index is 12.8. The molecule has 0 amide bonds. The van der Waals surface area contributed by atoms with Crippen molar-refractivity contribution in [2.45, 2.75) is 192 Å². The molecule has 1 aliphatic heterocycles. The third kappa shape index (κ3) is 32.0. The van der Waals surface area contributed by atoms with E-state index < -0.39 is 55.4 Å². The van der Waals surface area contributed by atoms with Crippen LogP contribution in [0.4, 0.5) is 0 Å². The molecule has 0 radical (unpaired) electrons. The molecule has 6 atom stereocenters. The van der Waals surface area contributed by atoms with Crippen molar-refractivity contribution in [3.05, 3.63) is 97.2 Å². The van der Waals surface area contributed by atoms with E-state index in [1.54, 1.807) is 0 Å². The Hall–Kier alpha value is -3.38. The highest BCUT2D eigenvalue weighted by molar-refractivity contribution is 5.70. The number of carbonyl (C=O) groups excluding carboxylic acids is 2. The largest absolute Gasteiger partial charge is 0.462 e. The molecule has 2 unspecified atom stereocenters. The molecule has 1 aliphatic rings. The molecule has 1 fully saturated rings. The van der Waals surface area contributed by atoms with E-state index in [0.717, 1.165) is 64.2 Å². The zero-order chi connectivity index (χ0) is 44.4. The molecule has 10 nitrogen and oxygen atoms in total. The summed E-state index contributed by atoms with van der Waals surface area (Å²) in [5.74, 6) is -0.938. The van der Waals surface area contributed by atoms with Crippen molar-refractivity contribution in [3.8, 4) is 0 Å². The van der Waals surface area contributed by atoms with Crippen molar-refractivity contribution in [2.75, 3.05) is 19.8 Å². The number of hydrogen-bond donors (Lipinski definition) is 4. The molecule has 0 aliphatic carbocycles. The lowest BCUT2D eigenvalue weighted by molar-refractivity contribution is -0.305. The number of aliphatic hydroxyl groups is 4. The number of rotatable bonds is 37. The van der Waals surface area contributed by atoms with Crippen LogP contribution < -0.4 is 0 Å². The van der Waals surface area contributed by atoms with E-state index in [0.29, 0.717) is 12.8 Å². The van der Waals surface area contributed by atoms with E-state index in [1.165, 1.54) is 51.4 Å². The first-order valence-electron chi connectivity index (χ1n) is 23.3. The van der Waals surface area contributed by atoms with Gasteiger partial charge in [0.15, 0.2) is 12.4 Å². The van der Waals surface area contributed by atoms with Crippen LogP contribution in [0.15, 0.2) is 97.2 Å². The Balaban J connectivity index is 2.41. The molecule has 0 saturated carbocycles. The molecule has 0 bridgehead atoms. The molecule has 1 rings (SSSR count). The maximum atomic E-state index is 12.8. The number of ether oxygens (including phenoxy) is 4. The van der Waals surface area contributed by atoms with Gasteiger partial charge in [0.05, 0.1) is 13.2 Å². The average molecular weight is 855 g/mol. The molecule has 4 N–H and O–H groups in total. The smallest absolute Gasteiger partial charge is 0.306 e. The Bertz CT molecular complexity index is 1310. The van der Waals surface area contributed by atoms with Gasteiger partial charge in [-0.1, -0.05) is 150 Å². The van der Waals surface area contributed by atoms with Crippen molar-refractivity contribution in [1.82, 2.24) is 0 Å². The van der Waals surface area contributed by atoms with E-state index in [1.807, 2.05) is 12.2 Å². The van der Waals surface area contributed by atoms with Crippen LogP contribution in [0.25, 0.3) is 0 Å². The van der Waals surface area contributed by atoms with Gasteiger partial charge in [0, 0.05) is 12.8 Å². The fraction of sp³-hybridized carbons (Fsp3) is 0.647. The minimum Gasteiger partial charge on any atom is -0.462 e. The number of unbranched alkanes of at least 4 members (excludes halogenated alkanes) is 10. The summed E-state index contributed by atoms with van der Waals surface area (Å²) < 4.78 is 22.1. The van der Waals surface area contributed by atoms with Crippen LogP contribution >= 0.6 is 0 Å². The first-order chi connectivity index (χ1) is 29.8. The fourth-order valence-corrected chi connectivity index (χ4v) is 6.23. The van der Waals surface area contributed by atoms with Gasteiger partial charge in [0.25, 0.3) is 0 Å². The van der Waals surface area contributed by atoms with Crippen molar-refractivity contribution >= 4 is 11.9 Å². The van der Waals surface area contributed by atoms with Crippen LogP contribution in [0.5, 0.6) is 0 Å². The quantitative estimate of drug-likeness (QED) is 0.0270. The molecule has 346 valence electrons. The SMILES string of the molecule is CCCCC/C=C/C/C=C/C/C=C/C/C=C/C/C=C/CCC(=O)O[C@H](COC(=O)CCCCCC/C=C/C/C=C/C/C=C/CCCCC)CO[C@@H]1O[C@H](CO)[C@H](O)C(O)C1O. The van der Waals surface area contributed by atoms with E-state index in [-0.39, 0.29) is 26.1 Å². The van der Waals surface area contributed by atoms with Crippen molar-refractivity contribution in [3.63, 3.8) is 0 Å². The summed E-state index contributed by atoms with van der Waals surface area (Å²) in [6.45, 7) is 3.25. The standard InChI is InChI=1S/C51H82O10/c1-3-5-7-9-11-13-15-17-19-21-22-24-26-28-30-32-34-36-38-40-47(54)60-44(43-59-51-50(57)49(56)48(55)45(41-52)61-51)42-58-46(53)39-37-35-33-31-29-27-25-23-20-18-16-14-12-10-8-6-4-2/h11-14,17-20,22,24-25,27-28,30,34,36,44-45,48-52,55-57H,3-10,15-16,21,23,26,29,31-33,35,37-43H2,1-2H3/b13-11+,14-12+,19-17+,20-18+,24-22+,27-25+,30-28+,36-34+/t44-,45-,48+,49?,50?,51-/m1/s1. The van der Waals surface area contributed by atoms with Crippen LogP contribution in [-0.2, 0) is 28.5 Å². The van der Waals surface area contributed by atoms with E-state index in [9.17, 15) is 30.0 Å². The highest BCUT2D eigenvalue weighted by Crippen LogP contribution is 2.22. The minimum atomic E-state index is -1.62. The summed E-state index contributed by atoms with van der Waals surface area (Å²) in [5, 5.41) is 40.1. The Kier molecular flexibility index (Phi) is 37.1. The second-order valence-electron chi connectivity index (χ2n) is 15.5. The van der Waals surface area contributed by atoms with Gasteiger partial charge in [-0.15, -0.1) is 0 Å². The summed E-state index contributed by atoms with van der Waals surface area (Å²) in [5.41, 5.74) is 0. The first kappa shape index (κ1) is 55.6. The van der Waals surface area contributed by atoms with Crippen LogP contribution in [0.3, 0.4) is 0 Å². The minimum absolute atomic E-state index is 0.0956. The fourth-order valence-electron chi connectivity index (χ4n) is 6.23. The molecule has 0 aromatic heterocycles. The zero-order valence-electron chi connectivity index (χ0n) is 37.6. The van der Waals surface area contributed by atoms with Crippen LogP contribution in [0.1, 0.15) is 155 Å². The first-order valence-corrected chi connectivity index (χ1v) is 23.3. The van der Waals surface area contributed by atoms with Crippen LogP contribution in [0.2, 0.25) is 0 Å². The average Bonchev–Trinajstić information content (AvgIpc) is 3.26. The van der Waals surface area contributed by atoms with Gasteiger partial charge in [-0.3, -0.25) is 9.59 Å².